The summed E-state index contributed by atoms with van der Waals surface area (Å²) >= 11 is 0. The van der Waals surface area contributed by atoms with Crippen molar-refractivity contribution in [3.8, 4) is 17.1 Å². The molecule has 0 saturated heterocycles. The average molecular weight is 460 g/mol. The van der Waals surface area contributed by atoms with Gasteiger partial charge in [-0.15, -0.1) is 0 Å². The van der Waals surface area contributed by atoms with E-state index in [1.54, 1.807) is 31.4 Å². The topological polar surface area (TPSA) is 119 Å². The number of aryl methyl sites for hydroxylation is 1. The van der Waals surface area contributed by atoms with Crippen molar-refractivity contribution in [1.82, 2.24) is 15.5 Å². The molecule has 9 nitrogen and oxygen atoms in total. The second kappa shape index (κ2) is 11.0. The van der Waals surface area contributed by atoms with E-state index in [-0.39, 0.29) is 17.6 Å². The number of ether oxygens (including phenoxy) is 1. The molecule has 34 heavy (non-hydrogen) atoms. The lowest BCUT2D eigenvalue weighted by atomic mass is 10.2. The summed E-state index contributed by atoms with van der Waals surface area (Å²) in [5.41, 5.74) is 2.40. The first-order valence-corrected chi connectivity index (χ1v) is 10.8. The van der Waals surface area contributed by atoms with Gasteiger partial charge in [0.05, 0.1) is 13.4 Å². The molecule has 0 aliphatic carbocycles. The van der Waals surface area contributed by atoms with Gasteiger partial charge in [0, 0.05) is 30.6 Å². The van der Waals surface area contributed by atoms with Crippen LogP contribution >= 0.6 is 0 Å². The molecule has 4 aromatic rings. The summed E-state index contributed by atoms with van der Waals surface area (Å²) in [5.74, 6) is 1.62. The number of nitrogens with zero attached hydrogens (tertiary/aromatic N) is 2. The van der Waals surface area contributed by atoms with E-state index in [4.69, 9.17) is 13.7 Å². The fraction of sp³-hybridized carbons (Fsp3) is 0.200. The predicted octanol–water partition coefficient (Wildman–Crippen LogP) is 4.23. The zero-order valence-electron chi connectivity index (χ0n) is 18.6. The molecule has 2 N–H and O–H groups in total. The van der Waals surface area contributed by atoms with E-state index in [1.165, 1.54) is 6.26 Å². The zero-order chi connectivity index (χ0) is 23.8. The molecule has 4 rings (SSSR count). The first-order valence-electron chi connectivity index (χ1n) is 10.8. The maximum Gasteiger partial charge on any atom is 0.291 e. The van der Waals surface area contributed by atoms with Crippen LogP contribution in [-0.2, 0) is 17.8 Å². The van der Waals surface area contributed by atoms with Crippen molar-refractivity contribution in [2.75, 3.05) is 12.4 Å². The molecule has 2 aromatic heterocycles. The molecular weight excluding hydrogens is 436 g/mol. The van der Waals surface area contributed by atoms with Crippen LogP contribution in [-0.4, -0.2) is 29.1 Å². The molecule has 0 fully saturated rings. The Hall–Kier alpha value is -4.40. The summed E-state index contributed by atoms with van der Waals surface area (Å²) in [5, 5.41) is 9.64. The van der Waals surface area contributed by atoms with Gasteiger partial charge in [-0.3, -0.25) is 9.59 Å². The number of methoxy groups -OCH3 is 1. The molecule has 2 amide bonds. The molecule has 0 spiro atoms. The third-order valence-corrected chi connectivity index (χ3v) is 5.06. The Bertz CT molecular complexity index is 1220. The number of nitrogens with one attached hydrogen (secondary N) is 2. The van der Waals surface area contributed by atoms with Gasteiger partial charge >= 0.3 is 0 Å². The van der Waals surface area contributed by atoms with Crippen LogP contribution in [0.1, 0.15) is 34.9 Å². The number of anilines is 1. The Balaban J connectivity index is 1.17. The van der Waals surface area contributed by atoms with E-state index in [0.717, 1.165) is 16.9 Å². The van der Waals surface area contributed by atoms with Gasteiger partial charge in [0.25, 0.3) is 5.91 Å². The molecule has 0 bridgehead atoms. The molecule has 2 aromatic carbocycles. The van der Waals surface area contributed by atoms with E-state index in [2.05, 4.69) is 20.8 Å². The lowest BCUT2D eigenvalue weighted by Crippen LogP contribution is -2.22. The van der Waals surface area contributed by atoms with Gasteiger partial charge in [-0.05, 0) is 60.5 Å². The van der Waals surface area contributed by atoms with E-state index in [0.29, 0.717) is 43.2 Å². The fourth-order valence-electron chi connectivity index (χ4n) is 3.21. The Morgan fingerprint density at radius 2 is 1.82 bits per heavy atom. The van der Waals surface area contributed by atoms with Gasteiger partial charge in [-0.1, -0.05) is 17.3 Å². The number of hydrogen-bond donors (Lipinski definition) is 2. The molecule has 174 valence electrons. The number of carbonyl (C=O) groups is 2. The first-order chi connectivity index (χ1) is 16.6. The summed E-state index contributed by atoms with van der Waals surface area (Å²) in [4.78, 5) is 28.6. The smallest absolute Gasteiger partial charge is 0.291 e. The van der Waals surface area contributed by atoms with Gasteiger partial charge in [-0.25, -0.2) is 0 Å². The summed E-state index contributed by atoms with van der Waals surface area (Å²) in [7, 11) is 1.61. The minimum Gasteiger partial charge on any atom is -0.497 e. The van der Waals surface area contributed by atoms with Crippen LogP contribution in [0.4, 0.5) is 5.69 Å². The Kier molecular flexibility index (Phi) is 7.34. The van der Waals surface area contributed by atoms with Crippen molar-refractivity contribution in [2.45, 2.75) is 25.8 Å². The van der Waals surface area contributed by atoms with Crippen molar-refractivity contribution in [3.05, 3.63) is 84.1 Å². The standard InChI is InChI=1S/C25H24N4O5/c1-32-20-13-9-18(10-14-20)24-28-23(34-29-24)6-2-5-22(30)26-16-17-7-11-19(12-8-17)27-25(31)21-4-3-15-33-21/h3-4,7-15H,2,5-6,16H2,1H3,(H,26,30)(H,27,31). The van der Waals surface area contributed by atoms with Crippen LogP contribution < -0.4 is 15.4 Å². The molecule has 9 heteroatoms. The Labute approximate surface area is 196 Å². The number of rotatable bonds is 10. The van der Waals surface area contributed by atoms with Crippen LogP contribution in [0.15, 0.2) is 75.9 Å². The molecule has 0 atom stereocenters. The maximum atomic E-state index is 12.2. The number of aromatic nitrogens is 2. The molecular formula is C25H24N4O5. The first kappa shape index (κ1) is 22.8. The Morgan fingerprint density at radius 1 is 1.03 bits per heavy atom. The van der Waals surface area contributed by atoms with Crippen LogP contribution in [0.5, 0.6) is 5.75 Å². The summed E-state index contributed by atoms with van der Waals surface area (Å²) in [6.07, 6.45) is 2.90. The van der Waals surface area contributed by atoms with Crippen LogP contribution in [0, 0.1) is 0 Å². The van der Waals surface area contributed by atoms with Crippen molar-refractivity contribution in [3.63, 3.8) is 0 Å². The minimum absolute atomic E-state index is 0.0647. The molecule has 0 aliphatic heterocycles. The van der Waals surface area contributed by atoms with Crippen molar-refractivity contribution < 1.29 is 23.3 Å². The van der Waals surface area contributed by atoms with E-state index in [1.807, 2.05) is 36.4 Å². The Morgan fingerprint density at radius 3 is 2.53 bits per heavy atom. The second-order valence-corrected chi connectivity index (χ2v) is 7.50. The van der Waals surface area contributed by atoms with Gasteiger partial charge < -0.3 is 24.3 Å². The minimum atomic E-state index is -0.316. The highest BCUT2D eigenvalue weighted by Gasteiger charge is 2.11. The molecule has 0 unspecified atom stereocenters. The monoisotopic (exact) mass is 460 g/mol. The number of hydrogen-bond acceptors (Lipinski definition) is 7. The average Bonchev–Trinajstić information content (AvgIpc) is 3.57. The lowest BCUT2D eigenvalue weighted by Gasteiger charge is -2.07. The summed E-state index contributed by atoms with van der Waals surface area (Å²) in [6.45, 7) is 0.396. The van der Waals surface area contributed by atoms with E-state index in [9.17, 15) is 9.59 Å². The molecule has 0 radical (unpaired) electrons. The van der Waals surface area contributed by atoms with Crippen LogP contribution in [0.3, 0.4) is 0 Å². The molecule has 0 saturated carbocycles. The normalized spacial score (nSPS) is 10.6. The summed E-state index contributed by atoms with van der Waals surface area (Å²) in [6, 6.07) is 17.9. The quantitative estimate of drug-likeness (QED) is 0.363. The highest BCUT2D eigenvalue weighted by molar-refractivity contribution is 6.02. The highest BCUT2D eigenvalue weighted by atomic mass is 16.5. The van der Waals surface area contributed by atoms with E-state index >= 15 is 0 Å². The van der Waals surface area contributed by atoms with Crippen LogP contribution in [0.2, 0.25) is 0 Å². The third kappa shape index (κ3) is 6.10. The predicted molar refractivity (Wildman–Crippen MR) is 124 cm³/mol. The molecule has 2 heterocycles. The summed E-state index contributed by atoms with van der Waals surface area (Å²) < 4.78 is 15.5. The third-order valence-electron chi connectivity index (χ3n) is 5.06. The molecule has 0 aliphatic rings. The van der Waals surface area contributed by atoms with Gasteiger partial charge in [0.2, 0.25) is 17.6 Å². The highest BCUT2D eigenvalue weighted by Crippen LogP contribution is 2.20. The maximum absolute atomic E-state index is 12.2. The van der Waals surface area contributed by atoms with Crippen molar-refractivity contribution in [2.24, 2.45) is 0 Å². The number of carbonyl (C=O) groups excluding carboxylic acids is 2. The van der Waals surface area contributed by atoms with Crippen molar-refractivity contribution >= 4 is 17.5 Å². The fourth-order valence-corrected chi connectivity index (χ4v) is 3.21. The van der Waals surface area contributed by atoms with Gasteiger partial charge in [0.15, 0.2) is 5.76 Å². The number of benzene rings is 2. The second-order valence-electron chi connectivity index (χ2n) is 7.50. The number of furan rings is 1. The van der Waals surface area contributed by atoms with E-state index < -0.39 is 0 Å². The lowest BCUT2D eigenvalue weighted by molar-refractivity contribution is -0.121. The van der Waals surface area contributed by atoms with Gasteiger partial charge in [0.1, 0.15) is 5.75 Å². The SMILES string of the molecule is COc1ccc(-c2noc(CCCC(=O)NCc3ccc(NC(=O)c4ccco4)cc3)n2)cc1. The van der Waals surface area contributed by atoms with Crippen LogP contribution in [0.25, 0.3) is 11.4 Å². The van der Waals surface area contributed by atoms with Gasteiger partial charge in [-0.2, -0.15) is 4.98 Å². The number of amides is 2. The van der Waals surface area contributed by atoms with Crippen molar-refractivity contribution in [1.29, 1.82) is 0 Å². The largest absolute Gasteiger partial charge is 0.497 e. The zero-order valence-corrected chi connectivity index (χ0v) is 18.6.